The molecule has 1 heterocycles. The fraction of sp³-hybridized carbons (Fsp3) is 0.407. The maximum absolute atomic E-state index is 13.0. The summed E-state index contributed by atoms with van der Waals surface area (Å²) in [6.45, 7) is 4.39. The van der Waals surface area contributed by atoms with Gasteiger partial charge in [-0.25, -0.2) is 0 Å². The second-order valence-electron chi connectivity index (χ2n) is 9.01. The van der Waals surface area contributed by atoms with Gasteiger partial charge in [0.1, 0.15) is 0 Å². The number of aryl methyl sites for hydroxylation is 1. The summed E-state index contributed by atoms with van der Waals surface area (Å²) in [5.74, 6) is 0. The van der Waals surface area contributed by atoms with Gasteiger partial charge in [0.15, 0.2) is 0 Å². The molecule has 1 aliphatic carbocycles. The van der Waals surface area contributed by atoms with E-state index in [-0.39, 0.29) is 0 Å². The van der Waals surface area contributed by atoms with Crippen molar-refractivity contribution in [3.8, 4) is 0 Å². The molecular formula is C27H31F3N2. The first-order valence-corrected chi connectivity index (χ1v) is 11.5. The number of hydrogen-bond acceptors (Lipinski definition) is 1. The minimum absolute atomic E-state index is 0.466. The molecule has 1 aliphatic rings. The summed E-state index contributed by atoms with van der Waals surface area (Å²) in [6.07, 6.45) is 3.84. The van der Waals surface area contributed by atoms with Crippen LogP contribution in [0.4, 0.5) is 13.2 Å². The molecule has 0 aliphatic heterocycles. The smallest absolute Gasteiger partial charge is 0.346 e. The Labute approximate surface area is 188 Å². The molecule has 1 saturated carbocycles. The fourth-order valence-electron chi connectivity index (χ4n) is 4.76. The standard InChI is InChI=1S/C27H31F3N2/c1-21-7-5-8-23(17-21)19-31-16-6-11-26(31)20-32(25-9-3-2-4-10-25)18-22-12-14-24(15-13-22)27(28,29)30/h5-8,11-17,25H,2-4,9-10,18-20H2,1H3. The Kier molecular flexibility index (Phi) is 7.04. The van der Waals surface area contributed by atoms with Crippen LogP contribution in [-0.4, -0.2) is 15.5 Å². The predicted molar refractivity (Wildman–Crippen MR) is 122 cm³/mol. The summed E-state index contributed by atoms with van der Waals surface area (Å²) >= 11 is 0. The van der Waals surface area contributed by atoms with E-state index in [4.69, 9.17) is 0 Å². The average Bonchev–Trinajstić information content (AvgIpc) is 3.20. The van der Waals surface area contributed by atoms with E-state index in [0.29, 0.717) is 12.6 Å². The van der Waals surface area contributed by atoms with Gasteiger partial charge in [-0.2, -0.15) is 13.2 Å². The highest BCUT2D eigenvalue weighted by Gasteiger charge is 2.30. The molecule has 2 nitrogen and oxygen atoms in total. The molecule has 1 aromatic heterocycles. The molecule has 3 aromatic rings. The third-order valence-corrected chi connectivity index (χ3v) is 6.48. The molecule has 0 atom stereocenters. The Morgan fingerprint density at radius 2 is 1.62 bits per heavy atom. The van der Waals surface area contributed by atoms with Crippen molar-refractivity contribution in [3.63, 3.8) is 0 Å². The lowest BCUT2D eigenvalue weighted by molar-refractivity contribution is -0.137. The van der Waals surface area contributed by atoms with E-state index >= 15 is 0 Å². The minimum Gasteiger partial charge on any atom is -0.346 e. The first kappa shape index (κ1) is 22.7. The molecule has 0 unspecified atom stereocenters. The first-order chi connectivity index (χ1) is 15.4. The molecular weight excluding hydrogens is 409 g/mol. The summed E-state index contributed by atoms with van der Waals surface area (Å²) < 4.78 is 41.2. The molecule has 32 heavy (non-hydrogen) atoms. The second-order valence-corrected chi connectivity index (χ2v) is 9.01. The number of nitrogens with zero attached hydrogens (tertiary/aromatic N) is 2. The summed E-state index contributed by atoms with van der Waals surface area (Å²) in [5, 5.41) is 0. The van der Waals surface area contributed by atoms with Gasteiger partial charge >= 0.3 is 6.18 Å². The van der Waals surface area contributed by atoms with E-state index in [1.165, 1.54) is 48.2 Å². The van der Waals surface area contributed by atoms with Crippen molar-refractivity contribution in [1.29, 1.82) is 0 Å². The van der Waals surface area contributed by atoms with E-state index in [1.54, 1.807) is 12.1 Å². The van der Waals surface area contributed by atoms with Crippen molar-refractivity contribution in [2.24, 2.45) is 0 Å². The summed E-state index contributed by atoms with van der Waals surface area (Å²) in [4.78, 5) is 2.46. The van der Waals surface area contributed by atoms with E-state index in [1.807, 2.05) is 0 Å². The van der Waals surface area contributed by atoms with Gasteiger partial charge < -0.3 is 4.57 Å². The Balaban J connectivity index is 1.52. The monoisotopic (exact) mass is 440 g/mol. The highest BCUT2D eigenvalue weighted by Crippen LogP contribution is 2.30. The summed E-state index contributed by atoms with van der Waals surface area (Å²) in [6, 6.07) is 18.9. The largest absolute Gasteiger partial charge is 0.416 e. The molecule has 0 N–H and O–H groups in total. The third kappa shape index (κ3) is 5.83. The van der Waals surface area contributed by atoms with Crippen molar-refractivity contribution in [3.05, 3.63) is 94.8 Å². The fourth-order valence-corrected chi connectivity index (χ4v) is 4.76. The van der Waals surface area contributed by atoms with Gasteiger partial charge in [0.05, 0.1) is 5.56 Å². The van der Waals surface area contributed by atoms with Gasteiger partial charge in [-0.3, -0.25) is 4.90 Å². The minimum atomic E-state index is -4.29. The molecule has 0 spiro atoms. The van der Waals surface area contributed by atoms with E-state index in [9.17, 15) is 13.2 Å². The van der Waals surface area contributed by atoms with E-state index in [2.05, 4.69) is 59.0 Å². The lowest BCUT2D eigenvalue weighted by Gasteiger charge is -2.34. The van der Waals surface area contributed by atoms with E-state index in [0.717, 1.165) is 31.5 Å². The van der Waals surface area contributed by atoms with Crippen LogP contribution >= 0.6 is 0 Å². The van der Waals surface area contributed by atoms with E-state index < -0.39 is 11.7 Å². The van der Waals surface area contributed by atoms with Crippen LogP contribution in [0.25, 0.3) is 0 Å². The van der Waals surface area contributed by atoms with Crippen LogP contribution in [-0.2, 0) is 25.8 Å². The van der Waals surface area contributed by atoms with Crippen molar-refractivity contribution >= 4 is 0 Å². The molecule has 0 bridgehead atoms. The Bertz CT molecular complexity index is 998. The molecule has 0 radical (unpaired) electrons. The number of hydrogen-bond donors (Lipinski definition) is 0. The molecule has 5 heteroatoms. The van der Waals surface area contributed by atoms with Crippen molar-refractivity contribution in [1.82, 2.24) is 9.47 Å². The number of aromatic nitrogens is 1. The summed E-state index contributed by atoms with van der Waals surface area (Å²) in [5.41, 5.74) is 4.11. The topological polar surface area (TPSA) is 8.17 Å². The lowest BCUT2D eigenvalue weighted by atomic mass is 9.93. The number of benzene rings is 2. The quantitative estimate of drug-likeness (QED) is 0.377. The Morgan fingerprint density at radius 1 is 0.875 bits per heavy atom. The highest BCUT2D eigenvalue weighted by molar-refractivity contribution is 5.25. The zero-order chi connectivity index (χ0) is 22.6. The maximum Gasteiger partial charge on any atom is 0.416 e. The number of halogens is 3. The van der Waals surface area contributed by atoms with Gasteiger partial charge in [0, 0.05) is 37.6 Å². The maximum atomic E-state index is 13.0. The van der Waals surface area contributed by atoms with Crippen molar-refractivity contribution in [2.45, 2.75) is 70.9 Å². The van der Waals surface area contributed by atoms with Gasteiger partial charge in [0.25, 0.3) is 0 Å². The zero-order valence-electron chi connectivity index (χ0n) is 18.6. The zero-order valence-corrected chi connectivity index (χ0v) is 18.6. The lowest BCUT2D eigenvalue weighted by Crippen LogP contribution is -2.36. The Hall–Kier alpha value is -2.53. The second kappa shape index (κ2) is 9.95. The van der Waals surface area contributed by atoms with Crippen LogP contribution in [0.2, 0.25) is 0 Å². The Morgan fingerprint density at radius 3 is 2.31 bits per heavy atom. The molecule has 0 saturated heterocycles. The molecule has 1 fully saturated rings. The van der Waals surface area contributed by atoms with Crippen molar-refractivity contribution < 1.29 is 13.2 Å². The highest BCUT2D eigenvalue weighted by atomic mass is 19.4. The number of rotatable bonds is 7. The molecule has 170 valence electrons. The van der Waals surface area contributed by atoms with Gasteiger partial charge in [-0.1, -0.05) is 61.2 Å². The summed E-state index contributed by atoms with van der Waals surface area (Å²) in [7, 11) is 0. The van der Waals surface area contributed by atoms with Crippen LogP contribution in [0.5, 0.6) is 0 Å². The van der Waals surface area contributed by atoms with Crippen LogP contribution in [0, 0.1) is 6.92 Å². The third-order valence-electron chi connectivity index (χ3n) is 6.48. The van der Waals surface area contributed by atoms with Crippen LogP contribution < -0.4 is 0 Å². The SMILES string of the molecule is Cc1cccc(Cn2cccc2CN(Cc2ccc(C(F)(F)F)cc2)C2CCCCC2)c1. The van der Waals surface area contributed by atoms with Crippen LogP contribution in [0.3, 0.4) is 0 Å². The van der Waals surface area contributed by atoms with Crippen LogP contribution in [0.15, 0.2) is 66.9 Å². The molecule has 0 amide bonds. The van der Waals surface area contributed by atoms with Gasteiger partial charge in [0.2, 0.25) is 0 Å². The first-order valence-electron chi connectivity index (χ1n) is 11.5. The normalized spacial score (nSPS) is 15.4. The van der Waals surface area contributed by atoms with Crippen molar-refractivity contribution in [2.75, 3.05) is 0 Å². The van der Waals surface area contributed by atoms with Gasteiger partial charge in [-0.15, -0.1) is 0 Å². The average molecular weight is 441 g/mol. The molecule has 2 aromatic carbocycles. The van der Waals surface area contributed by atoms with Gasteiger partial charge in [-0.05, 0) is 55.2 Å². The van der Waals surface area contributed by atoms with Crippen LogP contribution in [0.1, 0.15) is 60.1 Å². The number of alkyl halides is 3. The predicted octanol–water partition coefficient (Wildman–Crippen LogP) is 7.20. The molecule has 4 rings (SSSR count).